The lowest BCUT2D eigenvalue weighted by atomic mass is 10.1. The summed E-state index contributed by atoms with van der Waals surface area (Å²) in [6.45, 7) is 5.15. The number of benzene rings is 2. The summed E-state index contributed by atoms with van der Waals surface area (Å²) >= 11 is 0. The molecule has 0 aromatic heterocycles. The molecule has 1 amide bonds. The van der Waals surface area contributed by atoms with Crippen LogP contribution in [0.25, 0.3) is 0 Å². The molecule has 0 radical (unpaired) electrons. The van der Waals surface area contributed by atoms with E-state index in [1.165, 1.54) is 12.1 Å². The summed E-state index contributed by atoms with van der Waals surface area (Å²) in [6, 6.07) is 13.1. The molecule has 132 valence electrons. The van der Waals surface area contributed by atoms with Crippen LogP contribution in [0.2, 0.25) is 0 Å². The van der Waals surface area contributed by atoms with Crippen LogP contribution in [0.3, 0.4) is 0 Å². The van der Waals surface area contributed by atoms with E-state index >= 15 is 0 Å². The molecule has 2 aromatic rings. The number of aryl methyl sites for hydroxylation is 2. The third-order valence-corrected chi connectivity index (χ3v) is 4.71. The van der Waals surface area contributed by atoms with Crippen LogP contribution in [-0.2, 0) is 17.8 Å². The van der Waals surface area contributed by atoms with E-state index in [1.807, 2.05) is 19.1 Å². The van der Waals surface area contributed by atoms with Crippen LogP contribution >= 0.6 is 0 Å². The van der Waals surface area contributed by atoms with E-state index in [4.69, 9.17) is 0 Å². The minimum Gasteiger partial charge on any atom is -0.324 e. The van der Waals surface area contributed by atoms with Gasteiger partial charge in [-0.25, -0.2) is 4.39 Å². The Labute approximate surface area is 148 Å². The summed E-state index contributed by atoms with van der Waals surface area (Å²) in [4.78, 5) is 14.8. The largest absolute Gasteiger partial charge is 0.324 e. The van der Waals surface area contributed by atoms with Crippen LogP contribution in [0, 0.1) is 12.7 Å². The maximum atomic E-state index is 13.1. The lowest BCUT2D eigenvalue weighted by Gasteiger charge is -2.22. The topological polar surface area (TPSA) is 32.3 Å². The second kappa shape index (κ2) is 7.79. The van der Waals surface area contributed by atoms with Gasteiger partial charge < -0.3 is 5.32 Å². The van der Waals surface area contributed by atoms with Crippen LogP contribution in [0.4, 0.5) is 10.1 Å². The van der Waals surface area contributed by atoms with Gasteiger partial charge in [0.25, 0.3) is 0 Å². The zero-order chi connectivity index (χ0) is 17.8. The molecular formula is C21H25FN2O. The van der Waals surface area contributed by atoms with Crippen molar-refractivity contribution in [2.24, 2.45) is 0 Å². The number of hydrogen-bond donors (Lipinski definition) is 1. The van der Waals surface area contributed by atoms with Crippen LogP contribution in [0.5, 0.6) is 0 Å². The summed E-state index contributed by atoms with van der Waals surface area (Å²) in [5.41, 5.74) is 4.22. The summed E-state index contributed by atoms with van der Waals surface area (Å²) in [7, 11) is 0. The highest BCUT2D eigenvalue weighted by Crippen LogP contribution is 2.28. The molecule has 0 heterocycles. The van der Waals surface area contributed by atoms with Crippen molar-refractivity contribution in [2.75, 3.05) is 11.9 Å². The van der Waals surface area contributed by atoms with Gasteiger partial charge in [0, 0.05) is 18.3 Å². The summed E-state index contributed by atoms with van der Waals surface area (Å²) in [6.07, 6.45) is 3.14. The molecule has 0 unspecified atom stereocenters. The minimum atomic E-state index is -0.230. The van der Waals surface area contributed by atoms with Gasteiger partial charge in [0.15, 0.2) is 0 Å². The number of nitrogens with one attached hydrogen (secondary N) is 1. The van der Waals surface area contributed by atoms with Crippen molar-refractivity contribution in [1.29, 1.82) is 0 Å². The third-order valence-electron chi connectivity index (χ3n) is 4.71. The number of carbonyl (C=O) groups excluding carboxylic acids is 1. The molecule has 1 fully saturated rings. The van der Waals surface area contributed by atoms with Crippen LogP contribution in [0.15, 0.2) is 42.5 Å². The fourth-order valence-corrected chi connectivity index (χ4v) is 3.14. The Kier molecular flexibility index (Phi) is 5.49. The lowest BCUT2D eigenvalue weighted by molar-refractivity contribution is -0.117. The Hall–Kier alpha value is -2.20. The molecule has 0 atom stereocenters. The van der Waals surface area contributed by atoms with E-state index in [9.17, 15) is 9.18 Å². The van der Waals surface area contributed by atoms with E-state index in [0.717, 1.165) is 41.6 Å². The van der Waals surface area contributed by atoms with Crippen LogP contribution in [0.1, 0.15) is 36.5 Å². The molecule has 1 aliphatic rings. The number of nitrogens with zero attached hydrogens (tertiary/aromatic N) is 1. The van der Waals surface area contributed by atoms with Crippen molar-refractivity contribution in [3.63, 3.8) is 0 Å². The molecule has 1 saturated carbocycles. The SMILES string of the molecule is CCc1cccc(C)c1NC(=O)CN(Cc1ccc(F)cc1)C1CC1. The average molecular weight is 340 g/mol. The van der Waals surface area contributed by atoms with Gasteiger partial charge in [0.2, 0.25) is 5.91 Å². The summed E-state index contributed by atoms with van der Waals surface area (Å²) < 4.78 is 13.1. The number of amides is 1. The number of para-hydroxylation sites is 1. The van der Waals surface area contributed by atoms with Crippen molar-refractivity contribution in [2.45, 2.75) is 45.7 Å². The first-order valence-corrected chi connectivity index (χ1v) is 8.93. The van der Waals surface area contributed by atoms with Gasteiger partial charge in [-0.15, -0.1) is 0 Å². The van der Waals surface area contributed by atoms with Gasteiger partial charge in [-0.2, -0.15) is 0 Å². The number of hydrogen-bond acceptors (Lipinski definition) is 2. The molecular weight excluding hydrogens is 315 g/mol. The van der Waals surface area contributed by atoms with Gasteiger partial charge in [0.1, 0.15) is 5.82 Å². The molecule has 0 bridgehead atoms. The molecule has 3 rings (SSSR count). The van der Waals surface area contributed by atoms with Gasteiger partial charge >= 0.3 is 0 Å². The average Bonchev–Trinajstić information content (AvgIpc) is 3.43. The fraction of sp³-hybridized carbons (Fsp3) is 0.381. The monoisotopic (exact) mass is 340 g/mol. The van der Waals surface area contributed by atoms with E-state index in [2.05, 4.69) is 23.2 Å². The fourth-order valence-electron chi connectivity index (χ4n) is 3.14. The zero-order valence-corrected chi connectivity index (χ0v) is 14.9. The summed E-state index contributed by atoms with van der Waals surface area (Å²) in [5.74, 6) is -0.218. The minimum absolute atomic E-state index is 0.0120. The molecule has 25 heavy (non-hydrogen) atoms. The highest BCUT2D eigenvalue weighted by Gasteiger charge is 2.30. The van der Waals surface area contributed by atoms with Crippen molar-refractivity contribution < 1.29 is 9.18 Å². The number of halogens is 1. The molecule has 4 heteroatoms. The predicted octanol–water partition coefficient (Wildman–Crippen LogP) is 4.30. The van der Waals surface area contributed by atoms with E-state index in [1.54, 1.807) is 12.1 Å². The smallest absolute Gasteiger partial charge is 0.238 e. The van der Waals surface area contributed by atoms with Crippen molar-refractivity contribution in [1.82, 2.24) is 4.90 Å². The number of rotatable bonds is 7. The lowest BCUT2D eigenvalue weighted by Crippen LogP contribution is -2.34. The molecule has 0 aliphatic heterocycles. The Balaban J connectivity index is 1.66. The molecule has 0 spiro atoms. The second-order valence-electron chi connectivity index (χ2n) is 6.77. The maximum absolute atomic E-state index is 13.1. The highest BCUT2D eigenvalue weighted by atomic mass is 19.1. The Morgan fingerprint density at radius 1 is 1.20 bits per heavy atom. The van der Waals surface area contributed by atoms with E-state index in [0.29, 0.717) is 19.1 Å². The second-order valence-corrected chi connectivity index (χ2v) is 6.77. The number of carbonyl (C=O) groups is 1. The van der Waals surface area contributed by atoms with Gasteiger partial charge in [0.05, 0.1) is 6.54 Å². The first-order valence-electron chi connectivity index (χ1n) is 8.93. The van der Waals surface area contributed by atoms with Crippen molar-refractivity contribution >= 4 is 11.6 Å². The van der Waals surface area contributed by atoms with Gasteiger partial charge in [-0.3, -0.25) is 9.69 Å². The predicted molar refractivity (Wildman–Crippen MR) is 99.0 cm³/mol. The summed E-state index contributed by atoms with van der Waals surface area (Å²) in [5, 5.41) is 3.10. The first kappa shape index (κ1) is 17.6. The van der Waals surface area contributed by atoms with Gasteiger partial charge in [-0.05, 0) is 55.0 Å². The molecule has 0 saturated heterocycles. The highest BCUT2D eigenvalue weighted by molar-refractivity contribution is 5.93. The Morgan fingerprint density at radius 2 is 1.92 bits per heavy atom. The quantitative estimate of drug-likeness (QED) is 0.815. The molecule has 3 nitrogen and oxygen atoms in total. The van der Waals surface area contributed by atoms with Gasteiger partial charge in [-0.1, -0.05) is 37.3 Å². The maximum Gasteiger partial charge on any atom is 0.238 e. The van der Waals surface area contributed by atoms with E-state index in [-0.39, 0.29) is 11.7 Å². The zero-order valence-electron chi connectivity index (χ0n) is 14.9. The molecule has 2 aromatic carbocycles. The third kappa shape index (κ3) is 4.67. The van der Waals surface area contributed by atoms with Crippen molar-refractivity contribution in [3.05, 3.63) is 65.0 Å². The van der Waals surface area contributed by atoms with E-state index < -0.39 is 0 Å². The number of anilines is 1. The standard InChI is InChI=1S/C21H25FN2O/c1-3-17-6-4-5-15(2)21(17)23-20(25)14-24(19-11-12-19)13-16-7-9-18(22)10-8-16/h4-10,19H,3,11-14H2,1-2H3,(H,23,25). The Bertz CT molecular complexity index is 738. The van der Waals surface area contributed by atoms with Crippen LogP contribution in [-0.4, -0.2) is 23.4 Å². The molecule has 1 aliphatic carbocycles. The molecule has 1 N–H and O–H groups in total. The Morgan fingerprint density at radius 3 is 2.56 bits per heavy atom. The van der Waals surface area contributed by atoms with Crippen molar-refractivity contribution in [3.8, 4) is 0 Å². The normalized spacial score (nSPS) is 13.9. The van der Waals surface area contributed by atoms with Crippen LogP contribution < -0.4 is 5.32 Å². The first-order chi connectivity index (χ1) is 12.1.